The molecule has 7 heteroatoms. The maximum absolute atomic E-state index is 13.1. The molecule has 2 aliphatic rings. The van der Waals surface area contributed by atoms with Crippen LogP contribution in [0.1, 0.15) is 24.6 Å². The number of hydrogen-bond donors (Lipinski definition) is 0. The Hall–Kier alpha value is -1.99. The Labute approximate surface area is 158 Å². The molecule has 1 aromatic carbocycles. The van der Waals surface area contributed by atoms with Crippen molar-refractivity contribution < 1.29 is 4.39 Å². The summed E-state index contributed by atoms with van der Waals surface area (Å²) in [7, 11) is 0. The molecule has 0 N–H and O–H groups in total. The number of rotatable bonds is 6. The first kappa shape index (κ1) is 17.4. The summed E-state index contributed by atoms with van der Waals surface area (Å²) in [5.41, 5.74) is 1.08. The average Bonchev–Trinajstić information content (AvgIpc) is 3.45. The molecular weight excluding hydrogens is 349 g/mol. The second-order valence-electron chi connectivity index (χ2n) is 7.04. The minimum Gasteiger partial charge on any atom is -0.369 e. The molecule has 0 bridgehead atoms. The molecule has 1 saturated heterocycles. The summed E-state index contributed by atoms with van der Waals surface area (Å²) < 4.78 is 18.0. The summed E-state index contributed by atoms with van der Waals surface area (Å²) in [6.45, 7) is 9.00. The van der Waals surface area contributed by atoms with Crippen LogP contribution in [-0.2, 0) is 13.2 Å². The predicted molar refractivity (Wildman–Crippen MR) is 103 cm³/mol. The van der Waals surface area contributed by atoms with Gasteiger partial charge in [-0.1, -0.05) is 6.08 Å². The zero-order valence-electron chi connectivity index (χ0n) is 14.9. The highest BCUT2D eigenvalue weighted by molar-refractivity contribution is 7.71. The molecule has 0 unspecified atom stereocenters. The van der Waals surface area contributed by atoms with Crippen LogP contribution < -0.4 is 4.90 Å². The maximum atomic E-state index is 13.1. The van der Waals surface area contributed by atoms with E-state index >= 15 is 0 Å². The topological polar surface area (TPSA) is 29.2 Å². The Bertz CT molecular complexity index is 829. The van der Waals surface area contributed by atoms with Crippen molar-refractivity contribution in [2.75, 3.05) is 31.1 Å². The first-order valence-electron chi connectivity index (χ1n) is 9.17. The third kappa shape index (κ3) is 3.59. The van der Waals surface area contributed by atoms with Gasteiger partial charge in [-0.15, -0.1) is 6.58 Å². The van der Waals surface area contributed by atoms with Gasteiger partial charge in [-0.05, 0) is 49.3 Å². The number of anilines is 1. The van der Waals surface area contributed by atoms with Gasteiger partial charge >= 0.3 is 0 Å². The normalized spacial score (nSPS) is 18.3. The van der Waals surface area contributed by atoms with Gasteiger partial charge in [0.05, 0.1) is 6.67 Å². The fraction of sp³-hybridized carbons (Fsp3) is 0.474. The van der Waals surface area contributed by atoms with E-state index in [0.717, 1.165) is 55.7 Å². The lowest BCUT2D eigenvalue weighted by molar-refractivity contribution is 0.194. The Kier molecular flexibility index (Phi) is 4.91. The first-order valence-corrected chi connectivity index (χ1v) is 9.58. The van der Waals surface area contributed by atoms with E-state index in [1.54, 1.807) is 0 Å². The summed E-state index contributed by atoms with van der Waals surface area (Å²) in [6, 6.07) is 6.74. The molecule has 2 fully saturated rings. The Balaban J connectivity index is 1.41. The van der Waals surface area contributed by atoms with Crippen LogP contribution in [0.3, 0.4) is 0 Å². The molecule has 2 heterocycles. The minimum atomic E-state index is -0.191. The van der Waals surface area contributed by atoms with Crippen LogP contribution in [0.2, 0.25) is 0 Å². The largest absolute Gasteiger partial charge is 0.369 e. The SMILES string of the molecule is C=CCn1c(C2CC2)nn(CN2CCN(c3ccc(F)cc3)CC2)c1=S. The lowest BCUT2D eigenvalue weighted by Crippen LogP contribution is -2.47. The van der Waals surface area contributed by atoms with E-state index in [4.69, 9.17) is 17.3 Å². The van der Waals surface area contributed by atoms with Crippen molar-refractivity contribution in [2.24, 2.45) is 0 Å². The van der Waals surface area contributed by atoms with Gasteiger partial charge in [0.15, 0.2) is 4.77 Å². The van der Waals surface area contributed by atoms with E-state index in [0.29, 0.717) is 5.92 Å². The summed E-state index contributed by atoms with van der Waals surface area (Å²) >= 11 is 5.65. The van der Waals surface area contributed by atoms with Crippen LogP contribution in [0.4, 0.5) is 10.1 Å². The van der Waals surface area contributed by atoms with Crippen LogP contribution in [-0.4, -0.2) is 45.4 Å². The number of nitrogens with zero attached hydrogens (tertiary/aromatic N) is 5. The van der Waals surface area contributed by atoms with Gasteiger partial charge in [0.1, 0.15) is 11.6 Å². The highest BCUT2D eigenvalue weighted by atomic mass is 32.1. The molecular formula is C19H24FN5S. The van der Waals surface area contributed by atoms with Gasteiger partial charge in [0.2, 0.25) is 0 Å². The van der Waals surface area contributed by atoms with Crippen LogP contribution >= 0.6 is 12.2 Å². The molecule has 0 amide bonds. The molecule has 0 atom stereocenters. The maximum Gasteiger partial charge on any atom is 0.199 e. The van der Waals surface area contributed by atoms with Crippen molar-refractivity contribution in [3.8, 4) is 0 Å². The molecule has 26 heavy (non-hydrogen) atoms. The van der Waals surface area contributed by atoms with E-state index < -0.39 is 0 Å². The third-order valence-electron chi connectivity index (χ3n) is 5.10. The van der Waals surface area contributed by atoms with Crippen molar-refractivity contribution in [1.82, 2.24) is 19.2 Å². The first-order chi connectivity index (χ1) is 12.7. The van der Waals surface area contributed by atoms with E-state index in [1.807, 2.05) is 22.9 Å². The second kappa shape index (κ2) is 7.32. The third-order valence-corrected chi connectivity index (χ3v) is 5.53. The highest BCUT2D eigenvalue weighted by Crippen LogP contribution is 2.39. The van der Waals surface area contributed by atoms with Gasteiger partial charge in [-0.2, -0.15) is 5.10 Å². The number of allylic oxidation sites excluding steroid dienone is 1. The number of hydrogen-bond acceptors (Lipinski definition) is 4. The van der Waals surface area contributed by atoms with Crippen LogP contribution in [0, 0.1) is 10.6 Å². The molecule has 1 aliphatic carbocycles. The molecule has 4 rings (SSSR count). The van der Waals surface area contributed by atoms with Gasteiger partial charge in [-0.3, -0.25) is 9.47 Å². The van der Waals surface area contributed by atoms with E-state index in [-0.39, 0.29) is 5.82 Å². The highest BCUT2D eigenvalue weighted by Gasteiger charge is 2.30. The van der Waals surface area contributed by atoms with Crippen LogP contribution in [0.25, 0.3) is 0 Å². The van der Waals surface area contributed by atoms with E-state index in [1.165, 1.54) is 25.0 Å². The van der Waals surface area contributed by atoms with Crippen molar-refractivity contribution in [1.29, 1.82) is 0 Å². The lowest BCUT2D eigenvalue weighted by Gasteiger charge is -2.35. The summed E-state index contributed by atoms with van der Waals surface area (Å²) in [6.07, 6.45) is 4.30. The molecule has 1 saturated carbocycles. The Morgan fingerprint density at radius 1 is 1.15 bits per heavy atom. The quantitative estimate of drug-likeness (QED) is 0.573. The number of benzene rings is 1. The number of aromatic nitrogens is 3. The Morgan fingerprint density at radius 2 is 1.85 bits per heavy atom. The minimum absolute atomic E-state index is 0.191. The summed E-state index contributed by atoms with van der Waals surface area (Å²) in [4.78, 5) is 4.67. The van der Waals surface area contributed by atoms with Crippen LogP contribution in [0.5, 0.6) is 0 Å². The van der Waals surface area contributed by atoms with Gasteiger partial charge in [-0.25, -0.2) is 9.07 Å². The monoisotopic (exact) mass is 373 g/mol. The van der Waals surface area contributed by atoms with Crippen molar-refractivity contribution in [2.45, 2.75) is 32.0 Å². The Morgan fingerprint density at radius 3 is 2.46 bits per heavy atom. The summed E-state index contributed by atoms with van der Waals surface area (Å²) in [5, 5.41) is 4.80. The predicted octanol–water partition coefficient (Wildman–Crippen LogP) is 3.40. The lowest BCUT2D eigenvalue weighted by atomic mass is 10.2. The van der Waals surface area contributed by atoms with E-state index in [9.17, 15) is 4.39 Å². The summed E-state index contributed by atoms with van der Waals surface area (Å²) in [5.74, 6) is 1.48. The van der Waals surface area contributed by atoms with Crippen molar-refractivity contribution >= 4 is 17.9 Å². The number of piperazine rings is 1. The molecule has 1 aromatic heterocycles. The molecule has 2 aromatic rings. The molecule has 138 valence electrons. The smallest absolute Gasteiger partial charge is 0.199 e. The van der Waals surface area contributed by atoms with Gasteiger partial charge in [0.25, 0.3) is 0 Å². The van der Waals surface area contributed by atoms with Crippen LogP contribution in [0.15, 0.2) is 36.9 Å². The number of halogens is 1. The molecule has 1 aliphatic heterocycles. The fourth-order valence-corrected chi connectivity index (χ4v) is 3.75. The van der Waals surface area contributed by atoms with Crippen molar-refractivity contribution in [3.63, 3.8) is 0 Å². The van der Waals surface area contributed by atoms with E-state index in [2.05, 4.69) is 20.9 Å². The zero-order valence-corrected chi connectivity index (χ0v) is 15.7. The molecule has 0 radical (unpaired) electrons. The van der Waals surface area contributed by atoms with Gasteiger partial charge < -0.3 is 4.90 Å². The molecule has 0 spiro atoms. The standard InChI is InChI=1S/C19H24FN5S/c1-2-9-24-18(15-3-4-15)21-25(19(24)26)14-22-10-12-23(13-11-22)17-7-5-16(20)6-8-17/h2,5-8,15H,1,3-4,9-14H2. The fourth-order valence-electron chi connectivity index (χ4n) is 3.48. The second-order valence-corrected chi connectivity index (χ2v) is 7.40. The zero-order chi connectivity index (χ0) is 18.1. The average molecular weight is 374 g/mol. The molecule has 5 nitrogen and oxygen atoms in total. The van der Waals surface area contributed by atoms with Gasteiger partial charge in [0, 0.05) is 44.3 Å². The van der Waals surface area contributed by atoms with Crippen molar-refractivity contribution in [3.05, 3.63) is 53.3 Å².